The Labute approximate surface area is 225 Å². The molecular formula is C25H26ClF5N6O2. The molecule has 0 bridgehead atoms. The van der Waals surface area contributed by atoms with E-state index in [0.29, 0.717) is 36.4 Å². The quantitative estimate of drug-likeness (QED) is 0.284. The predicted molar refractivity (Wildman–Crippen MR) is 134 cm³/mol. The van der Waals surface area contributed by atoms with Gasteiger partial charge in [-0.25, -0.2) is 23.7 Å². The molecule has 1 amide bonds. The molecule has 14 heteroatoms. The highest BCUT2D eigenvalue weighted by molar-refractivity contribution is 6.35. The number of benzene rings is 1. The molecule has 3 heterocycles. The zero-order valence-electron chi connectivity index (χ0n) is 20.6. The monoisotopic (exact) mass is 572 g/mol. The van der Waals surface area contributed by atoms with Crippen LogP contribution in [-0.4, -0.2) is 64.5 Å². The number of carbonyl (C=O) groups is 1. The topological polar surface area (TPSA) is 106 Å². The Morgan fingerprint density at radius 1 is 1.15 bits per heavy atom. The van der Waals surface area contributed by atoms with E-state index in [1.165, 1.54) is 6.07 Å². The number of fused-ring (bicyclic) bond motifs is 1. The fourth-order valence-electron chi connectivity index (χ4n) is 4.28. The Bertz CT molecular complexity index is 1300. The van der Waals surface area contributed by atoms with E-state index >= 15 is 0 Å². The summed E-state index contributed by atoms with van der Waals surface area (Å²) in [6, 6.07) is 5.66. The van der Waals surface area contributed by atoms with E-state index < -0.39 is 42.7 Å². The SMILES string of the molecule is NCCCOc1ccc2c(C(=O)NCC(c3cnc(C(F)(F)F)nc3)N3CCC(F)(F)CC3)c(Cl)ccc2n1. The molecule has 1 saturated heterocycles. The summed E-state index contributed by atoms with van der Waals surface area (Å²) in [6.45, 7) is 0.681. The zero-order valence-corrected chi connectivity index (χ0v) is 21.4. The smallest absolute Gasteiger partial charge is 0.451 e. The number of nitrogens with two attached hydrogens (primary N) is 1. The first-order valence-electron chi connectivity index (χ1n) is 12.2. The number of piperidine rings is 1. The minimum absolute atomic E-state index is 0.0273. The first-order valence-corrected chi connectivity index (χ1v) is 12.6. The summed E-state index contributed by atoms with van der Waals surface area (Å²) in [4.78, 5) is 26.2. The fraction of sp³-hybridized carbons (Fsp3) is 0.440. The van der Waals surface area contributed by atoms with Crippen molar-refractivity contribution in [3.05, 3.63) is 58.6 Å². The standard InChI is InChI=1S/C25H26ClF5N6O2/c26-17-3-4-18-16(2-5-20(36-18)39-11-1-8-32)21(17)22(38)33-14-19(37-9-6-24(27,28)7-10-37)15-12-34-23(35-13-15)25(29,30)31/h2-5,12-13,19H,1,6-11,14,32H2,(H,33,38). The van der Waals surface area contributed by atoms with E-state index in [1.54, 1.807) is 23.1 Å². The Balaban J connectivity index is 1.56. The summed E-state index contributed by atoms with van der Waals surface area (Å²) < 4.78 is 72.0. The van der Waals surface area contributed by atoms with Gasteiger partial charge >= 0.3 is 6.18 Å². The van der Waals surface area contributed by atoms with Crippen LogP contribution in [0.2, 0.25) is 5.02 Å². The third-order valence-corrected chi connectivity index (χ3v) is 6.67. The molecule has 3 aromatic rings. The van der Waals surface area contributed by atoms with Crippen LogP contribution >= 0.6 is 11.6 Å². The average Bonchev–Trinajstić information content (AvgIpc) is 2.89. The molecule has 1 aliphatic rings. The third kappa shape index (κ3) is 7.08. The molecule has 1 fully saturated rings. The van der Waals surface area contributed by atoms with Gasteiger partial charge in [0, 0.05) is 61.9 Å². The summed E-state index contributed by atoms with van der Waals surface area (Å²) >= 11 is 6.36. The summed E-state index contributed by atoms with van der Waals surface area (Å²) in [5.74, 6) is -4.36. The Kier molecular flexibility index (Phi) is 8.82. The second kappa shape index (κ2) is 11.9. The Morgan fingerprint density at radius 2 is 1.85 bits per heavy atom. The van der Waals surface area contributed by atoms with Crippen LogP contribution in [0.4, 0.5) is 22.0 Å². The normalized spacial score (nSPS) is 16.7. The molecule has 2 aromatic heterocycles. The molecule has 4 rings (SSSR count). The van der Waals surface area contributed by atoms with Gasteiger partial charge < -0.3 is 15.8 Å². The first-order chi connectivity index (χ1) is 18.5. The molecule has 1 aliphatic heterocycles. The van der Waals surface area contributed by atoms with Crippen LogP contribution in [0.25, 0.3) is 10.9 Å². The number of likely N-dealkylation sites (tertiary alicyclic amines) is 1. The van der Waals surface area contributed by atoms with Crippen LogP contribution in [0.15, 0.2) is 36.7 Å². The van der Waals surface area contributed by atoms with Crippen molar-refractivity contribution < 1.29 is 31.5 Å². The van der Waals surface area contributed by atoms with Crippen LogP contribution in [0.1, 0.15) is 47.1 Å². The maximum absolute atomic E-state index is 13.8. The van der Waals surface area contributed by atoms with Crippen LogP contribution in [-0.2, 0) is 6.18 Å². The lowest BCUT2D eigenvalue weighted by Crippen LogP contribution is -2.45. The van der Waals surface area contributed by atoms with Crippen molar-refractivity contribution in [1.29, 1.82) is 0 Å². The van der Waals surface area contributed by atoms with Crippen molar-refractivity contribution in [3.8, 4) is 5.88 Å². The minimum Gasteiger partial charge on any atom is -0.478 e. The van der Waals surface area contributed by atoms with Crippen molar-refractivity contribution in [2.45, 2.75) is 37.4 Å². The number of aromatic nitrogens is 3. The summed E-state index contributed by atoms with van der Waals surface area (Å²) in [5, 5.41) is 3.36. The molecule has 1 atom stereocenters. The largest absolute Gasteiger partial charge is 0.478 e. The van der Waals surface area contributed by atoms with E-state index in [9.17, 15) is 26.7 Å². The van der Waals surface area contributed by atoms with E-state index in [-0.39, 0.29) is 35.8 Å². The molecule has 0 aliphatic carbocycles. The van der Waals surface area contributed by atoms with Crippen molar-refractivity contribution >= 4 is 28.4 Å². The molecule has 0 radical (unpaired) electrons. The number of pyridine rings is 1. The van der Waals surface area contributed by atoms with Crippen molar-refractivity contribution in [3.63, 3.8) is 0 Å². The number of ether oxygens (including phenoxy) is 1. The molecule has 8 nitrogen and oxygen atoms in total. The number of carbonyl (C=O) groups excluding carboxylic acids is 1. The highest BCUT2D eigenvalue weighted by atomic mass is 35.5. The van der Waals surface area contributed by atoms with E-state index in [0.717, 1.165) is 12.4 Å². The lowest BCUT2D eigenvalue weighted by atomic mass is 10.0. The molecule has 1 unspecified atom stereocenters. The third-order valence-electron chi connectivity index (χ3n) is 6.36. The van der Waals surface area contributed by atoms with Gasteiger partial charge in [0.05, 0.1) is 28.8 Å². The maximum Gasteiger partial charge on any atom is 0.451 e. The lowest BCUT2D eigenvalue weighted by molar-refractivity contribution is -0.145. The van der Waals surface area contributed by atoms with Gasteiger partial charge in [-0.2, -0.15) is 13.2 Å². The average molecular weight is 573 g/mol. The number of alkyl halides is 5. The number of amides is 1. The molecule has 1 aromatic carbocycles. The Morgan fingerprint density at radius 3 is 2.49 bits per heavy atom. The maximum atomic E-state index is 13.8. The van der Waals surface area contributed by atoms with Gasteiger partial charge in [0.2, 0.25) is 11.7 Å². The second-order valence-electron chi connectivity index (χ2n) is 9.08. The summed E-state index contributed by atoms with van der Waals surface area (Å²) in [5.41, 5.74) is 6.32. The molecule has 0 spiro atoms. The van der Waals surface area contributed by atoms with Gasteiger partial charge in [0.1, 0.15) is 0 Å². The highest BCUT2D eigenvalue weighted by Gasteiger charge is 2.38. The predicted octanol–water partition coefficient (Wildman–Crippen LogP) is 4.63. The van der Waals surface area contributed by atoms with Crippen molar-refractivity contribution in [1.82, 2.24) is 25.2 Å². The van der Waals surface area contributed by atoms with Gasteiger partial charge in [-0.1, -0.05) is 11.6 Å². The van der Waals surface area contributed by atoms with Crippen LogP contribution in [0.5, 0.6) is 5.88 Å². The van der Waals surface area contributed by atoms with E-state index in [4.69, 9.17) is 22.1 Å². The number of halogens is 6. The van der Waals surface area contributed by atoms with Crippen molar-refractivity contribution in [2.75, 3.05) is 32.8 Å². The summed E-state index contributed by atoms with van der Waals surface area (Å²) in [6.07, 6.45) is -2.93. The van der Waals surface area contributed by atoms with Gasteiger partial charge in [0.15, 0.2) is 0 Å². The minimum atomic E-state index is -4.73. The van der Waals surface area contributed by atoms with Crippen molar-refractivity contribution in [2.24, 2.45) is 5.73 Å². The van der Waals surface area contributed by atoms with Crippen LogP contribution < -0.4 is 15.8 Å². The van der Waals surface area contributed by atoms with E-state index in [2.05, 4.69) is 20.3 Å². The van der Waals surface area contributed by atoms with Crippen LogP contribution in [0.3, 0.4) is 0 Å². The molecular weight excluding hydrogens is 547 g/mol. The van der Waals surface area contributed by atoms with Gasteiger partial charge in [-0.05, 0) is 31.2 Å². The molecule has 210 valence electrons. The van der Waals surface area contributed by atoms with Gasteiger partial charge in [-0.15, -0.1) is 0 Å². The fourth-order valence-corrected chi connectivity index (χ4v) is 4.54. The molecule has 39 heavy (non-hydrogen) atoms. The lowest BCUT2D eigenvalue weighted by Gasteiger charge is -2.37. The number of hydrogen-bond acceptors (Lipinski definition) is 7. The molecule has 0 saturated carbocycles. The number of nitrogens with zero attached hydrogens (tertiary/aromatic N) is 4. The van der Waals surface area contributed by atoms with Crippen LogP contribution in [0, 0.1) is 0 Å². The summed E-state index contributed by atoms with van der Waals surface area (Å²) in [7, 11) is 0. The van der Waals surface area contributed by atoms with Gasteiger partial charge in [0.25, 0.3) is 11.8 Å². The van der Waals surface area contributed by atoms with E-state index in [1.807, 2.05) is 0 Å². The number of rotatable bonds is 9. The first kappa shape index (κ1) is 28.8. The molecule has 3 N–H and O–H groups in total. The second-order valence-corrected chi connectivity index (χ2v) is 9.49. The Hall–Kier alpha value is -3.16. The van der Waals surface area contributed by atoms with Gasteiger partial charge in [-0.3, -0.25) is 9.69 Å². The zero-order chi connectivity index (χ0) is 28.2. The highest BCUT2D eigenvalue weighted by Crippen LogP contribution is 2.33. The number of nitrogens with one attached hydrogen (secondary N) is 1. The number of hydrogen-bond donors (Lipinski definition) is 2.